The summed E-state index contributed by atoms with van der Waals surface area (Å²) < 4.78 is 15.2. The number of carbonyl (C=O) groups is 1. The molecule has 148 valence electrons. The molecule has 2 heterocycles. The van der Waals surface area contributed by atoms with Gasteiger partial charge in [-0.2, -0.15) is 4.98 Å². The molecule has 29 heavy (non-hydrogen) atoms. The third-order valence-corrected chi connectivity index (χ3v) is 5.67. The SMILES string of the molecule is Cc1cc(C)c(C(=O)NCCc2csc3nc(-c4cccc(F)c4)nn23)c(C)c1. The van der Waals surface area contributed by atoms with E-state index in [0.717, 1.165) is 32.9 Å². The van der Waals surface area contributed by atoms with E-state index in [1.165, 1.54) is 23.5 Å². The van der Waals surface area contributed by atoms with Crippen molar-refractivity contribution in [3.05, 3.63) is 75.5 Å². The van der Waals surface area contributed by atoms with Gasteiger partial charge in [-0.05, 0) is 44.0 Å². The van der Waals surface area contributed by atoms with Gasteiger partial charge in [-0.15, -0.1) is 16.4 Å². The van der Waals surface area contributed by atoms with Gasteiger partial charge < -0.3 is 5.32 Å². The number of benzene rings is 2. The fourth-order valence-electron chi connectivity index (χ4n) is 3.58. The first kappa shape index (κ1) is 19.3. The quantitative estimate of drug-likeness (QED) is 0.529. The number of rotatable bonds is 5. The number of halogens is 1. The molecule has 0 spiro atoms. The Morgan fingerprint density at radius 2 is 1.93 bits per heavy atom. The minimum absolute atomic E-state index is 0.0643. The number of fused-ring (bicyclic) bond motifs is 1. The Balaban J connectivity index is 1.47. The second-order valence-corrected chi connectivity index (χ2v) is 7.98. The van der Waals surface area contributed by atoms with Crippen LogP contribution in [0.15, 0.2) is 41.8 Å². The maximum Gasteiger partial charge on any atom is 0.251 e. The number of aryl methyl sites for hydroxylation is 3. The summed E-state index contributed by atoms with van der Waals surface area (Å²) in [5.41, 5.74) is 5.45. The van der Waals surface area contributed by atoms with Crippen molar-refractivity contribution in [3.8, 4) is 11.4 Å². The van der Waals surface area contributed by atoms with Crippen LogP contribution in [0, 0.1) is 26.6 Å². The Kier molecular flexibility index (Phi) is 5.15. The Morgan fingerprint density at radius 1 is 1.17 bits per heavy atom. The molecule has 0 unspecified atom stereocenters. The lowest BCUT2D eigenvalue weighted by atomic mass is 9.99. The van der Waals surface area contributed by atoms with Gasteiger partial charge >= 0.3 is 0 Å². The zero-order chi connectivity index (χ0) is 20.5. The Bertz CT molecular complexity index is 1190. The van der Waals surface area contributed by atoms with E-state index in [2.05, 4.69) is 15.4 Å². The molecule has 4 aromatic rings. The summed E-state index contributed by atoms with van der Waals surface area (Å²) >= 11 is 1.48. The first-order chi connectivity index (χ1) is 13.9. The molecule has 7 heteroatoms. The number of hydrogen-bond acceptors (Lipinski definition) is 4. The highest BCUT2D eigenvalue weighted by Crippen LogP contribution is 2.22. The molecule has 1 amide bonds. The van der Waals surface area contributed by atoms with E-state index >= 15 is 0 Å². The minimum Gasteiger partial charge on any atom is -0.352 e. The van der Waals surface area contributed by atoms with E-state index in [0.29, 0.717) is 24.4 Å². The average Bonchev–Trinajstić information content (AvgIpc) is 3.22. The normalized spacial score (nSPS) is 11.2. The highest BCUT2D eigenvalue weighted by molar-refractivity contribution is 7.15. The van der Waals surface area contributed by atoms with Crippen LogP contribution in [0.1, 0.15) is 32.7 Å². The van der Waals surface area contributed by atoms with E-state index in [-0.39, 0.29) is 11.7 Å². The maximum atomic E-state index is 13.5. The first-order valence-corrected chi connectivity index (χ1v) is 10.3. The van der Waals surface area contributed by atoms with E-state index in [9.17, 15) is 9.18 Å². The van der Waals surface area contributed by atoms with Crippen molar-refractivity contribution in [2.45, 2.75) is 27.2 Å². The highest BCUT2D eigenvalue weighted by Gasteiger charge is 2.14. The van der Waals surface area contributed by atoms with Crippen molar-refractivity contribution >= 4 is 22.2 Å². The summed E-state index contributed by atoms with van der Waals surface area (Å²) in [5.74, 6) is 0.114. The van der Waals surface area contributed by atoms with Crippen LogP contribution in [-0.2, 0) is 6.42 Å². The molecule has 1 N–H and O–H groups in total. The van der Waals surface area contributed by atoms with Crippen LogP contribution in [0.4, 0.5) is 4.39 Å². The molecule has 0 atom stereocenters. The van der Waals surface area contributed by atoms with Gasteiger partial charge in [0.25, 0.3) is 5.91 Å². The predicted molar refractivity (Wildman–Crippen MR) is 113 cm³/mol. The van der Waals surface area contributed by atoms with E-state index < -0.39 is 0 Å². The summed E-state index contributed by atoms with van der Waals surface area (Å²) in [6, 6.07) is 10.3. The van der Waals surface area contributed by atoms with Crippen LogP contribution in [0.25, 0.3) is 16.3 Å². The fraction of sp³-hybridized carbons (Fsp3) is 0.227. The Morgan fingerprint density at radius 3 is 2.66 bits per heavy atom. The van der Waals surface area contributed by atoms with Crippen molar-refractivity contribution in [1.82, 2.24) is 19.9 Å². The number of amides is 1. The molecule has 0 saturated carbocycles. The molecule has 0 aliphatic heterocycles. The van der Waals surface area contributed by atoms with Gasteiger partial charge in [0.1, 0.15) is 5.82 Å². The smallest absolute Gasteiger partial charge is 0.251 e. The molecule has 4 rings (SSSR count). The molecule has 0 saturated heterocycles. The Hall–Kier alpha value is -3.06. The molecular formula is C22H21FN4OS. The number of nitrogens with one attached hydrogen (secondary N) is 1. The van der Waals surface area contributed by atoms with Gasteiger partial charge in [-0.3, -0.25) is 4.79 Å². The summed E-state index contributed by atoms with van der Waals surface area (Å²) in [7, 11) is 0. The van der Waals surface area contributed by atoms with Crippen LogP contribution in [-0.4, -0.2) is 27.0 Å². The summed E-state index contributed by atoms with van der Waals surface area (Å²) in [5, 5.41) is 9.50. The maximum absolute atomic E-state index is 13.5. The van der Waals surface area contributed by atoms with Crippen molar-refractivity contribution in [1.29, 1.82) is 0 Å². The molecule has 0 bridgehead atoms. The number of thiazole rings is 1. The summed E-state index contributed by atoms with van der Waals surface area (Å²) in [6.45, 7) is 6.44. The van der Waals surface area contributed by atoms with E-state index in [4.69, 9.17) is 0 Å². The number of aromatic nitrogens is 3. The molecule has 2 aromatic heterocycles. The number of carbonyl (C=O) groups excluding carboxylic acids is 1. The Labute approximate surface area is 172 Å². The first-order valence-electron chi connectivity index (χ1n) is 9.37. The molecule has 0 aliphatic rings. The monoisotopic (exact) mass is 408 g/mol. The lowest BCUT2D eigenvalue weighted by Crippen LogP contribution is -2.27. The topological polar surface area (TPSA) is 59.3 Å². The summed E-state index contributed by atoms with van der Waals surface area (Å²) in [6.07, 6.45) is 0.627. The van der Waals surface area contributed by atoms with Gasteiger partial charge in [0.2, 0.25) is 4.96 Å². The van der Waals surface area contributed by atoms with Crippen LogP contribution < -0.4 is 5.32 Å². The molecular weight excluding hydrogens is 387 g/mol. The molecule has 0 aliphatic carbocycles. The van der Waals surface area contributed by atoms with Crippen LogP contribution >= 0.6 is 11.3 Å². The average molecular weight is 409 g/mol. The van der Waals surface area contributed by atoms with Crippen LogP contribution in [0.3, 0.4) is 0 Å². The second kappa shape index (κ2) is 7.75. The van der Waals surface area contributed by atoms with Gasteiger partial charge in [-0.1, -0.05) is 29.8 Å². The van der Waals surface area contributed by atoms with Crippen molar-refractivity contribution in [2.75, 3.05) is 6.54 Å². The van der Waals surface area contributed by atoms with Crippen molar-refractivity contribution in [2.24, 2.45) is 0 Å². The number of nitrogens with zero attached hydrogens (tertiary/aromatic N) is 3. The van der Waals surface area contributed by atoms with Crippen LogP contribution in [0.5, 0.6) is 0 Å². The minimum atomic E-state index is -0.315. The third kappa shape index (κ3) is 3.91. The van der Waals surface area contributed by atoms with E-state index in [1.807, 2.05) is 38.3 Å². The molecule has 0 fully saturated rings. The molecule has 0 radical (unpaired) electrons. The molecule has 2 aromatic carbocycles. The summed E-state index contributed by atoms with van der Waals surface area (Å²) in [4.78, 5) is 17.9. The third-order valence-electron chi connectivity index (χ3n) is 4.80. The standard InChI is InChI=1S/C22H21FN4OS/c1-13-9-14(2)19(15(3)10-13)21(28)24-8-7-18-12-29-22-25-20(26-27(18)22)16-5-4-6-17(23)11-16/h4-6,9-12H,7-8H2,1-3H3,(H,24,28). The van der Waals surface area contributed by atoms with Gasteiger partial charge in [0.05, 0.1) is 5.69 Å². The zero-order valence-corrected chi connectivity index (χ0v) is 17.3. The fourth-order valence-corrected chi connectivity index (χ4v) is 4.43. The molecule has 5 nitrogen and oxygen atoms in total. The number of hydrogen-bond donors (Lipinski definition) is 1. The second-order valence-electron chi connectivity index (χ2n) is 7.15. The lowest BCUT2D eigenvalue weighted by Gasteiger charge is -2.11. The van der Waals surface area contributed by atoms with Crippen LogP contribution in [0.2, 0.25) is 0 Å². The largest absolute Gasteiger partial charge is 0.352 e. The van der Waals surface area contributed by atoms with Gasteiger partial charge in [0, 0.05) is 29.5 Å². The predicted octanol–water partition coefficient (Wildman–Crippen LogP) is 4.49. The van der Waals surface area contributed by atoms with E-state index in [1.54, 1.807) is 16.6 Å². The van der Waals surface area contributed by atoms with Gasteiger partial charge in [-0.25, -0.2) is 8.91 Å². The zero-order valence-electron chi connectivity index (χ0n) is 16.5. The van der Waals surface area contributed by atoms with Crippen molar-refractivity contribution in [3.63, 3.8) is 0 Å². The lowest BCUT2D eigenvalue weighted by molar-refractivity contribution is 0.0953. The van der Waals surface area contributed by atoms with Gasteiger partial charge in [0.15, 0.2) is 5.82 Å². The van der Waals surface area contributed by atoms with Crippen molar-refractivity contribution < 1.29 is 9.18 Å². The highest BCUT2D eigenvalue weighted by atomic mass is 32.1.